The first-order valence-corrected chi connectivity index (χ1v) is 7.07. The van der Waals surface area contributed by atoms with Crippen LogP contribution in [0.1, 0.15) is 18.2 Å². The molecule has 0 aliphatic rings. The van der Waals surface area contributed by atoms with Gasteiger partial charge in [0, 0.05) is 19.3 Å². The van der Waals surface area contributed by atoms with Crippen LogP contribution in [0.25, 0.3) is 0 Å². The van der Waals surface area contributed by atoms with E-state index in [1.807, 2.05) is 55.5 Å². The van der Waals surface area contributed by atoms with Crippen molar-refractivity contribution >= 4 is 5.97 Å². The molecule has 0 aliphatic carbocycles. The fourth-order valence-corrected chi connectivity index (χ4v) is 1.87. The highest BCUT2D eigenvalue weighted by Crippen LogP contribution is 2.04. The van der Waals surface area contributed by atoms with Gasteiger partial charge in [0.15, 0.2) is 0 Å². The SMILES string of the molecule is CC(CNCc1ccccn1)C(=O)OCc1ccccc1. The van der Waals surface area contributed by atoms with Gasteiger partial charge in [-0.25, -0.2) is 0 Å². The number of aromatic nitrogens is 1. The molecular weight excluding hydrogens is 264 g/mol. The van der Waals surface area contributed by atoms with Crippen LogP contribution < -0.4 is 5.32 Å². The van der Waals surface area contributed by atoms with Gasteiger partial charge in [0.05, 0.1) is 11.6 Å². The maximum Gasteiger partial charge on any atom is 0.310 e. The molecule has 1 heterocycles. The van der Waals surface area contributed by atoms with Crippen molar-refractivity contribution < 1.29 is 9.53 Å². The molecular formula is C17H20N2O2. The molecule has 1 aromatic carbocycles. The highest BCUT2D eigenvalue weighted by molar-refractivity contribution is 5.72. The summed E-state index contributed by atoms with van der Waals surface area (Å²) in [5.41, 5.74) is 1.96. The van der Waals surface area contributed by atoms with Crippen LogP contribution in [0.5, 0.6) is 0 Å². The number of esters is 1. The zero-order valence-electron chi connectivity index (χ0n) is 12.2. The summed E-state index contributed by atoms with van der Waals surface area (Å²) < 4.78 is 5.30. The maximum absolute atomic E-state index is 11.9. The quantitative estimate of drug-likeness (QED) is 0.794. The predicted molar refractivity (Wildman–Crippen MR) is 81.3 cm³/mol. The smallest absolute Gasteiger partial charge is 0.310 e. The van der Waals surface area contributed by atoms with E-state index < -0.39 is 0 Å². The lowest BCUT2D eigenvalue weighted by atomic mass is 10.2. The van der Waals surface area contributed by atoms with E-state index in [0.29, 0.717) is 19.7 Å². The van der Waals surface area contributed by atoms with Gasteiger partial charge in [0.1, 0.15) is 6.61 Å². The van der Waals surface area contributed by atoms with Crippen molar-refractivity contribution in [2.75, 3.05) is 6.54 Å². The van der Waals surface area contributed by atoms with Crippen molar-refractivity contribution in [3.05, 3.63) is 66.0 Å². The Kier molecular flexibility index (Phi) is 5.91. The van der Waals surface area contributed by atoms with Gasteiger partial charge in [0.2, 0.25) is 0 Å². The van der Waals surface area contributed by atoms with E-state index in [2.05, 4.69) is 10.3 Å². The molecule has 110 valence electrons. The van der Waals surface area contributed by atoms with E-state index in [4.69, 9.17) is 4.74 Å². The number of carbonyl (C=O) groups is 1. The predicted octanol–water partition coefficient (Wildman–Crippen LogP) is 2.55. The summed E-state index contributed by atoms with van der Waals surface area (Å²) in [7, 11) is 0. The molecule has 0 saturated heterocycles. The molecule has 0 radical (unpaired) electrons. The van der Waals surface area contributed by atoms with Crippen molar-refractivity contribution in [3.63, 3.8) is 0 Å². The number of nitrogens with zero attached hydrogens (tertiary/aromatic N) is 1. The molecule has 21 heavy (non-hydrogen) atoms. The molecule has 1 unspecified atom stereocenters. The van der Waals surface area contributed by atoms with Crippen LogP contribution in [-0.2, 0) is 22.7 Å². The Morgan fingerprint density at radius 3 is 2.67 bits per heavy atom. The van der Waals surface area contributed by atoms with Crippen molar-refractivity contribution in [3.8, 4) is 0 Å². The van der Waals surface area contributed by atoms with Gasteiger partial charge < -0.3 is 10.1 Å². The summed E-state index contributed by atoms with van der Waals surface area (Å²) in [5, 5.41) is 3.22. The molecule has 0 saturated carbocycles. The van der Waals surface area contributed by atoms with Crippen LogP contribution in [-0.4, -0.2) is 17.5 Å². The third-order valence-electron chi connectivity index (χ3n) is 3.11. The molecule has 0 spiro atoms. The van der Waals surface area contributed by atoms with E-state index in [1.54, 1.807) is 6.20 Å². The highest BCUT2D eigenvalue weighted by atomic mass is 16.5. The summed E-state index contributed by atoms with van der Waals surface area (Å²) in [6, 6.07) is 15.5. The molecule has 4 nitrogen and oxygen atoms in total. The van der Waals surface area contributed by atoms with E-state index in [9.17, 15) is 4.79 Å². The molecule has 1 atom stereocenters. The normalized spacial score (nSPS) is 11.9. The average Bonchev–Trinajstić information content (AvgIpc) is 2.54. The number of rotatable bonds is 7. The fourth-order valence-electron chi connectivity index (χ4n) is 1.87. The van der Waals surface area contributed by atoms with E-state index in [-0.39, 0.29) is 11.9 Å². The largest absolute Gasteiger partial charge is 0.461 e. The summed E-state index contributed by atoms with van der Waals surface area (Å²) in [6.45, 7) is 3.41. The first kappa shape index (κ1) is 15.2. The van der Waals surface area contributed by atoms with Gasteiger partial charge in [-0.3, -0.25) is 9.78 Å². The second-order valence-corrected chi connectivity index (χ2v) is 4.95. The Hall–Kier alpha value is -2.20. The van der Waals surface area contributed by atoms with Gasteiger partial charge in [-0.2, -0.15) is 0 Å². The highest BCUT2D eigenvalue weighted by Gasteiger charge is 2.14. The van der Waals surface area contributed by atoms with E-state index >= 15 is 0 Å². The number of benzene rings is 1. The Bertz CT molecular complexity index is 543. The van der Waals surface area contributed by atoms with Gasteiger partial charge in [0.25, 0.3) is 0 Å². The lowest BCUT2D eigenvalue weighted by Gasteiger charge is -2.12. The zero-order chi connectivity index (χ0) is 14.9. The number of hydrogen-bond acceptors (Lipinski definition) is 4. The maximum atomic E-state index is 11.9. The van der Waals surface area contributed by atoms with Crippen molar-refractivity contribution in [2.45, 2.75) is 20.1 Å². The van der Waals surface area contributed by atoms with E-state index in [0.717, 1.165) is 11.3 Å². The number of hydrogen-bond donors (Lipinski definition) is 1. The Labute approximate surface area is 125 Å². The third-order valence-corrected chi connectivity index (χ3v) is 3.11. The summed E-state index contributed by atoms with van der Waals surface area (Å²) >= 11 is 0. The van der Waals surface area contributed by atoms with Crippen molar-refractivity contribution in [1.29, 1.82) is 0 Å². The second-order valence-electron chi connectivity index (χ2n) is 4.95. The molecule has 2 rings (SSSR count). The Balaban J connectivity index is 1.68. The topological polar surface area (TPSA) is 51.2 Å². The molecule has 4 heteroatoms. The minimum atomic E-state index is -0.188. The molecule has 0 bridgehead atoms. The van der Waals surface area contributed by atoms with Gasteiger partial charge in [-0.05, 0) is 17.7 Å². The summed E-state index contributed by atoms with van der Waals surface area (Å²) in [5.74, 6) is -0.371. The van der Waals surface area contributed by atoms with Crippen LogP contribution in [0.2, 0.25) is 0 Å². The van der Waals surface area contributed by atoms with Crippen LogP contribution in [0.3, 0.4) is 0 Å². The lowest BCUT2D eigenvalue weighted by molar-refractivity contribution is -0.149. The first-order chi connectivity index (χ1) is 10.3. The number of pyridine rings is 1. The number of nitrogens with one attached hydrogen (secondary N) is 1. The molecule has 0 fully saturated rings. The second kappa shape index (κ2) is 8.17. The van der Waals surface area contributed by atoms with Gasteiger partial charge in [-0.1, -0.05) is 43.3 Å². The Morgan fingerprint density at radius 2 is 1.95 bits per heavy atom. The van der Waals surface area contributed by atoms with E-state index in [1.165, 1.54) is 0 Å². The molecule has 0 amide bonds. The lowest BCUT2D eigenvalue weighted by Crippen LogP contribution is -2.27. The first-order valence-electron chi connectivity index (χ1n) is 7.07. The Morgan fingerprint density at radius 1 is 1.19 bits per heavy atom. The summed E-state index contributed by atoms with van der Waals surface area (Å²) in [6.07, 6.45) is 1.76. The van der Waals surface area contributed by atoms with Gasteiger partial charge >= 0.3 is 5.97 Å². The fraction of sp³-hybridized carbons (Fsp3) is 0.294. The monoisotopic (exact) mass is 284 g/mol. The van der Waals surface area contributed by atoms with Crippen LogP contribution >= 0.6 is 0 Å². The van der Waals surface area contributed by atoms with Crippen LogP contribution in [0, 0.1) is 5.92 Å². The van der Waals surface area contributed by atoms with Gasteiger partial charge in [-0.15, -0.1) is 0 Å². The zero-order valence-corrected chi connectivity index (χ0v) is 12.2. The summed E-state index contributed by atoms with van der Waals surface area (Å²) in [4.78, 5) is 16.1. The minimum Gasteiger partial charge on any atom is -0.461 e. The minimum absolute atomic E-state index is 0.183. The molecule has 0 aliphatic heterocycles. The molecule has 2 aromatic rings. The van der Waals surface area contributed by atoms with Crippen LogP contribution in [0.4, 0.5) is 0 Å². The van der Waals surface area contributed by atoms with Crippen molar-refractivity contribution in [2.24, 2.45) is 5.92 Å². The standard InChI is InChI=1S/C17H20N2O2/c1-14(11-18-12-16-9-5-6-10-19-16)17(20)21-13-15-7-3-2-4-8-15/h2-10,14,18H,11-13H2,1H3. The molecule has 1 N–H and O–H groups in total. The van der Waals surface area contributed by atoms with Crippen molar-refractivity contribution in [1.82, 2.24) is 10.3 Å². The van der Waals surface area contributed by atoms with Crippen LogP contribution in [0.15, 0.2) is 54.7 Å². The average molecular weight is 284 g/mol. The molecule has 1 aromatic heterocycles. The third kappa shape index (κ3) is 5.36. The number of ether oxygens (including phenoxy) is 1. The number of carbonyl (C=O) groups excluding carboxylic acids is 1.